The van der Waals surface area contributed by atoms with Crippen molar-refractivity contribution in [3.63, 3.8) is 0 Å². The van der Waals surface area contributed by atoms with E-state index in [0.717, 1.165) is 12.0 Å². The third-order valence-corrected chi connectivity index (χ3v) is 2.48. The van der Waals surface area contributed by atoms with Crippen LogP contribution in [0.25, 0.3) is 0 Å². The van der Waals surface area contributed by atoms with E-state index in [-0.39, 0.29) is 236 Å². The maximum atomic E-state index is 10.7. The number of carbonyl (C=O) groups excluding carboxylic acids is 2. The van der Waals surface area contributed by atoms with Crippen LogP contribution in [0, 0.1) is 5.92 Å². The van der Waals surface area contributed by atoms with E-state index in [1.54, 1.807) is 6.92 Å². The molecule has 0 radical (unpaired) electrons. The summed E-state index contributed by atoms with van der Waals surface area (Å²) in [5.41, 5.74) is 2.06. The number of carbonyl (C=O) groups is 2. The van der Waals surface area contributed by atoms with E-state index >= 15 is 0 Å². The molecule has 0 aromatic heterocycles. The van der Waals surface area contributed by atoms with E-state index in [0.29, 0.717) is 5.92 Å². The Morgan fingerprint density at radius 1 is 0.757 bits per heavy atom. The zero-order valence-corrected chi connectivity index (χ0v) is 41.5. The van der Waals surface area contributed by atoms with E-state index in [9.17, 15) is 9.90 Å². The molecule has 13 nitrogen and oxygen atoms in total. The summed E-state index contributed by atoms with van der Waals surface area (Å²) >= 11 is -5.75. The first kappa shape index (κ1) is 74.2. The molecule has 0 aliphatic heterocycles. The van der Waals surface area contributed by atoms with Gasteiger partial charge in [0, 0.05) is 11.9 Å². The molecular formula is C14H17CrNa8O13P. The SMILES string of the molecule is CC(C)Cc1ccc(C(C)C(=O)[O-])cc1.O=C([O-])[O-].O=P([O-])([O-])[O-].[Na+].[Na+].[Na+].[Na+].[Na+].[Na+].[Na+].[Na+].[O]=[Cr](=[O])([O-])[O-]. The molecule has 0 heterocycles. The first-order valence-corrected chi connectivity index (χ1v) is 10.9. The standard InChI is InChI=1S/C13H18O2.CH2O3.Cr.8Na.H3O4P.4O/c1-9(2)8-11-4-6-12(7-5-11)10(3)13(14)15;2-1(3)4;;;;;;;;;;1-5(2,3)4;;;;/h4-7,9-10H,8H2,1-3H3,(H,14,15);(H2,2,3,4);;;;;;;;;;(H3,1,2,3,4);;;;/q;;;8*+1;;;;2*-1/p-6. The van der Waals surface area contributed by atoms with Crippen LogP contribution in [0.3, 0.4) is 0 Å². The van der Waals surface area contributed by atoms with Gasteiger partial charge >= 0.3 is 266 Å². The molecule has 0 saturated carbocycles. The molecule has 37 heavy (non-hydrogen) atoms. The average Bonchev–Trinajstić information content (AvgIpc) is 2.42. The van der Waals surface area contributed by atoms with Crippen molar-refractivity contribution in [1.29, 1.82) is 0 Å². The molecule has 1 aromatic carbocycles. The Morgan fingerprint density at radius 2 is 0.973 bits per heavy atom. The second-order valence-electron chi connectivity index (χ2n) is 5.49. The van der Waals surface area contributed by atoms with Crippen molar-refractivity contribution in [1.82, 2.24) is 0 Å². The van der Waals surface area contributed by atoms with E-state index < -0.39 is 39.5 Å². The molecule has 0 aliphatic carbocycles. The van der Waals surface area contributed by atoms with E-state index in [1.807, 2.05) is 24.3 Å². The minimum absolute atomic E-state index is 0. The number of hydrogen-bond acceptors (Lipinski definition) is 13. The quantitative estimate of drug-likeness (QED) is 0.215. The summed E-state index contributed by atoms with van der Waals surface area (Å²) in [6.07, 6.45) is -1.31. The van der Waals surface area contributed by atoms with Crippen molar-refractivity contribution in [2.45, 2.75) is 33.1 Å². The van der Waals surface area contributed by atoms with Crippen molar-refractivity contribution in [3.8, 4) is 0 Å². The molecule has 0 fully saturated rings. The van der Waals surface area contributed by atoms with E-state index in [1.165, 1.54) is 5.56 Å². The fourth-order valence-corrected chi connectivity index (χ4v) is 1.55. The fourth-order valence-electron chi connectivity index (χ4n) is 1.55. The molecule has 1 rings (SSSR count). The van der Waals surface area contributed by atoms with Crippen LogP contribution in [0.1, 0.15) is 37.8 Å². The van der Waals surface area contributed by atoms with Crippen LogP contribution < -0.4 is 275 Å². The van der Waals surface area contributed by atoms with Crippen molar-refractivity contribution in [2.75, 3.05) is 0 Å². The molecule has 0 spiro atoms. The number of benzene rings is 1. The second-order valence-corrected chi connectivity index (χ2v) is 7.66. The number of phosphoric acid groups is 1. The monoisotopic (exact) mass is 660 g/mol. The summed E-state index contributed by atoms with van der Waals surface area (Å²) in [7, 11) is -5.39. The number of rotatable bonds is 4. The van der Waals surface area contributed by atoms with Crippen molar-refractivity contribution >= 4 is 19.9 Å². The predicted octanol–water partition coefficient (Wildman–Crippen LogP) is -30.1. The van der Waals surface area contributed by atoms with Gasteiger partial charge < -0.3 is 44.2 Å². The zero-order valence-electron chi connectivity index (χ0n) is 23.3. The fraction of sp³-hybridized carbons (Fsp3) is 0.429. The molecule has 1 unspecified atom stereocenters. The van der Waals surface area contributed by atoms with Gasteiger partial charge in [-0.05, 0) is 29.6 Å². The van der Waals surface area contributed by atoms with Crippen LogP contribution >= 0.6 is 7.82 Å². The summed E-state index contributed by atoms with van der Waals surface area (Å²) in [6.45, 7) is 5.97. The van der Waals surface area contributed by atoms with Crippen LogP contribution in [0.5, 0.6) is 0 Å². The number of hydrogen-bond donors (Lipinski definition) is 0. The predicted molar refractivity (Wildman–Crippen MR) is 72.8 cm³/mol. The third-order valence-electron chi connectivity index (χ3n) is 2.48. The third kappa shape index (κ3) is 85.7. The van der Waals surface area contributed by atoms with Gasteiger partial charge in [-0.1, -0.05) is 45.0 Å². The van der Waals surface area contributed by atoms with Crippen LogP contribution in [-0.2, 0) is 37.0 Å². The van der Waals surface area contributed by atoms with Gasteiger partial charge in [-0.3, -0.25) is 0 Å². The molecule has 0 saturated heterocycles. The van der Waals surface area contributed by atoms with Crippen LogP contribution in [-0.4, -0.2) is 12.1 Å². The Morgan fingerprint density at radius 3 is 1.14 bits per heavy atom. The van der Waals surface area contributed by atoms with Gasteiger partial charge in [-0.25, -0.2) is 0 Å². The van der Waals surface area contributed by atoms with Gasteiger partial charge in [0.15, 0.2) is 0 Å². The van der Waals surface area contributed by atoms with Crippen LogP contribution in [0.4, 0.5) is 4.79 Å². The summed E-state index contributed by atoms with van der Waals surface area (Å²) in [6, 6.07) is 7.74. The molecule has 0 N–H and O–H groups in total. The normalized spacial score (nSPS) is 9.00. The van der Waals surface area contributed by atoms with Gasteiger partial charge in [0.1, 0.15) is 0 Å². The van der Waals surface area contributed by atoms with Crippen LogP contribution in [0.15, 0.2) is 24.3 Å². The molecule has 0 amide bonds. The topological polar surface area (TPSA) is 270 Å². The number of carboxylic acid groups (broad SMARTS) is 3. The Labute approximate surface area is 395 Å². The first-order chi connectivity index (χ1) is 12.7. The summed E-state index contributed by atoms with van der Waals surface area (Å²) < 4.78 is 42.9. The van der Waals surface area contributed by atoms with Gasteiger partial charge in [-0.15, -0.1) is 0 Å². The molecule has 0 bridgehead atoms. The van der Waals surface area contributed by atoms with Gasteiger partial charge in [0.2, 0.25) is 0 Å². The van der Waals surface area contributed by atoms with Crippen LogP contribution in [0.2, 0.25) is 0 Å². The maximum absolute atomic E-state index is 10.7. The van der Waals surface area contributed by atoms with E-state index in [2.05, 4.69) is 13.8 Å². The molecule has 170 valence electrons. The Bertz CT molecular complexity index is 760. The minimum atomic E-state index is -5.75. The summed E-state index contributed by atoms with van der Waals surface area (Å²) in [5.74, 6) is -0.931. The first-order valence-electron chi connectivity index (χ1n) is 7.31. The van der Waals surface area contributed by atoms with Gasteiger partial charge in [0.05, 0.1) is 0 Å². The summed E-state index contributed by atoms with van der Waals surface area (Å²) in [4.78, 5) is 44.6. The zero-order chi connectivity index (χ0) is 24.0. The molecule has 0 aliphatic rings. The molecule has 1 atom stereocenters. The molecule has 1 aromatic rings. The number of aliphatic carboxylic acids is 1. The molecule has 23 heteroatoms. The van der Waals surface area contributed by atoms with E-state index in [4.69, 9.17) is 50.2 Å². The van der Waals surface area contributed by atoms with Crippen molar-refractivity contribution < 1.29 is 310 Å². The second kappa shape index (κ2) is 42.1. The number of carboxylic acids is 1. The average molecular weight is 660 g/mol. The van der Waals surface area contributed by atoms with Crippen molar-refractivity contribution in [3.05, 3.63) is 35.4 Å². The Balaban J connectivity index is -0.0000000295. The Hall–Kier alpha value is 6.12. The van der Waals surface area contributed by atoms with Gasteiger partial charge in [0.25, 0.3) is 0 Å². The molecular weight excluding hydrogens is 643 g/mol. The Kier molecular flexibility index (Phi) is 84.4. The van der Waals surface area contributed by atoms with Gasteiger partial charge in [-0.2, -0.15) is 7.82 Å². The summed E-state index contributed by atoms with van der Waals surface area (Å²) in [5, 5.41) is 27.3. The van der Waals surface area contributed by atoms with Crippen molar-refractivity contribution in [2.24, 2.45) is 5.92 Å².